The van der Waals surface area contributed by atoms with Gasteiger partial charge in [0.05, 0.1) is 20.5 Å². The first-order valence-electron chi connectivity index (χ1n) is 11.5. The van der Waals surface area contributed by atoms with E-state index in [0.717, 1.165) is 31.2 Å². The number of piperidine rings is 1. The second-order valence-electron chi connectivity index (χ2n) is 9.45. The molecule has 2 aliphatic rings. The molecular weight excluding hydrogens is 458 g/mol. The Morgan fingerprint density at radius 3 is 2.50 bits per heavy atom. The zero-order valence-corrected chi connectivity index (χ0v) is 21.7. The van der Waals surface area contributed by atoms with Crippen LogP contribution in [0.3, 0.4) is 0 Å². The first-order valence-corrected chi connectivity index (χ1v) is 13.3. The molecule has 0 bridgehead atoms. The molecule has 9 heteroatoms. The second-order valence-corrected chi connectivity index (χ2v) is 11.1. The van der Waals surface area contributed by atoms with Crippen LogP contribution < -0.4 is 9.47 Å². The van der Waals surface area contributed by atoms with Gasteiger partial charge in [-0.3, -0.25) is 13.9 Å². The molecule has 8 nitrogen and oxygen atoms in total. The summed E-state index contributed by atoms with van der Waals surface area (Å²) in [7, 11) is -0.387. The van der Waals surface area contributed by atoms with Crippen molar-refractivity contribution in [3.8, 4) is 23.3 Å². The average molecular weight is 494 g/mol. The molecule has 2 heterocycles. The highest BCUT2D eigenvalue weighted by Gasteiger charge is 2.50. The lowest BCUT2D eigenvalue weighted by atomic mass is 9.71. The summed E-state index contributed by atoms with van der Waals surface area (Å²) in [6.45, 7) is 6.96. The Labute approximate surface area is 203 Å². The SMILES string of the molecule is COc1cc2c(cc1OC)C1C[C@@](C#CCOS(C)(=O)=O)(OC(C)=O)C(CC(C)C)CN1CC2. The van der Waals surface area contributed by atoms with E-state index in [1.54, 1.807) is 14.2 Å². The van der Waals surface area contributed by atoms with E-state index in [0.29, 0.717) is 30.4 Å². The number of methoxy groups -OCH3 is 2. The minimum absolute atomic E-state index is 0.0277. The molecule has 1 fully saturated rings. The van der Waals surface area contributed by atoms with E-state index in [-0.39, 0.29) is 18.6 Å². The van der Waals surface area contributed by atoms with Crippen LogP contribution in [0.1, 0.15) is 50.8 Å². The fraction of sp³-hybridized carbons (Fsp3) is 0.640. The van der Waals surface area contributed by atoms with Crippen molar-refractivity contribution in [1.29, 1.82) is 0 Å². The van der Waals surface area contributed by atoms with Gasteiger partial charge in [0, 0.05) is 38.4 Å². The molecule has 2 unspecified atom stereocenters. The Morgan fingerprint density at radius 1 is 1.24 bits per heavy atom. The van der Waals surface area contributed by atoms with Crippen molar-refractivity contribution in [2.45, 2.75) is 51.7 Å². The summed E-state index contributed by atoms with van der Waals surface area (Å²) in [5.41, 5.74) is 1.23. The number of hydrogen-bond donors (Lipinski definition) is 0. The monoisotopic (exact) mass is 493 g/mol. The summed E-state index contributed by atoms with van der Waals surface area (Å²) >= 11 is 0. The van der Waals surface area contributed by atoms with Gasteiger partial charge in [0.1, 0.15) is 6.61 Å². The van der Waals surface area contributed by atoms with Crippen LogP contribution in [0.4, 0.5) is 0 Å². The highest BCUT2D eigenvalue weighted by molar-refractivity contribution is 7.86. The number of benzene rings is 1. The fourth-order valence-electron chi connectivity index (χ4n) is 5.14. The molecule has 0 saturated carbocycles. The predicted molar refractivity (Wildman–Crippen MR) is 128 cm³/mol. The Hall–Kier alpha value is -2.28. The number of ether oxygens (including phenoxy) is 3. The van der Waals surface area contributed by atoms with Crippen molar-refractivity contribution < 1.29 is 31.6 Å². The molecule has 3 atom stereocenters. The third-order valence-electron chi connectivity index (χ3n) is 6.45. The first-order chi connectivity index (χ1) is 16.0. The lowest BCUT2D eigenvalue weighted by molar-refractivity contribution is -0.165. The minimum Gasteiger partial charge on any atom is -0.493 e. The molecule has 0 amide bonds. The number of esters is 1. The van der Waals surface area contributed by atoms with Crippen molar-refractivity contribution in [3.63, 3.8) is 0 Å². The van der Waals surface area contributed by atoms with Crippen molar-refractivity contribution in [3.05, 3.63) is 23.3 Å². The van der Waals surface area contributed by atoms with Crippen molar-refractivity contribution in [1.82, 2.24) is 4.90 Å². The van der Waals surface area contributed by atoms with E-state index in [1.165, 1.54) is 12.5 Å². The van der Waals surface area contributed by atoms with Gasteiger partial charge in [0.25, 0.3) is 10.1 Å². The number of rotatable bonds is 7. The minimum atomic E-state index is -3.62. The molecule has 1 saturated heterocycles. The Bertz CT molecular complexity index is 1070. The van der Waals surface area contributed by atoms with Gasteiger partial charge in [-0.05, 0) is 42.0 Å². The number of nitrogens with zero attached hydrogens (tertiary/aromatic N) is 1. The van der Waals surface area contributed by atoms with Crippen LogP contribution >= 0.6 is 0 Å². The molecular formula is C25H35NO7S. The average Bonchev–Trinajstić information content (AvgIpc) is 2.75. The van der Waals surface area contributed by atoms with Crippen LogP contribution in [0.25, 0.3) is 0 Å². The van der Waals surface area contributed by atoms with E-state index in [4.69, 9.17) is 18.4 Å². The lowest BCUT2D eigenvalue weighted by Gasteiger charge is -2.51. The van der Waals surface area contributed by atoms with Crippen LogP contribution in [0.5, 0.6) is 11.5 Å². The van der Waals surface area contributed by atoms with E-state index in [2.05, 4.69) is 30.6 Å². The van der Waals surface area contributed by atoms with Crippen LogP contribution in [0.2, 0.25) is 0 Å². The standard InChI is InChI=1S/C25H35NO7S/c1-17(2)12-20-16-26-10-8-19-13-23(30-4)24(31-5)14-21(19)22(26)15-25(20,33-18(3)27)9-7-11-32-34(6,28)29/h13-14,17,20,22H,8,10-12,15-16H2,1-6H3/t20?,22?,25-/m1/s1. The molecule has 0 aromatic heterocycles. The lowest BCUT2D eigenvalue weighted by Crippen LogP contribution is -2.56. The molecule has 1 aromatic rings. The molecule has 0 radical (unpaired) electrons. The number of hydrogen-bond acceptors (Lipinski definition) is 8. The highest BCUT2D eigenvalue weighted by atomic mass is 32.2. The number of carbonyl (C=O) groups excluding carboxylic acids is 1. The third kappa shape index (κ3) is 6.04. The maximum absolute atomic E-state index is 12.3. The van der Waals surface area contributed by atoms with Crippen molar-refractivity contribution >= 4 is 16.1 Å². The van der Waals surface area contributed by atoms with Crippen molar-refractivity contribution in [2.24, 2.45) is 11.8 Å². The molecule has 0 spiro atoms. The van der Waals surface area contributed by atoms with Gasteiger partial charge in [-0.1, -0.05) is 25.7 Å². The highest BCUT2D eigenvalue weighted by Crippen LogP contribution is 2.48. The zero-order chi connectivity index (χ0) is 25.1. The van der Waals surface area contributed by atoms with Crippen LogP contribution in [-0.2, 0) is 30.3 Å². The Morgan fingerprint density at radius 2 is 1.91 bits per heavy atom. The van der Waals surface area contributed by atoms with Crippen LogP contribution in [-0.4, -0.2) is 65.1 Å². The largest absolute Gasteiger partial charge is 0.493 e. The summed E-state index contributed by atoms with van der Waals surface area (Å²) in [6.07, 6.45) is 3.15. The Balaban J connectivity index is 2.05. The van der Waals surface area contributed by atoms with Gasteiger partial charge < -0.3 is 14.2 Å². The van der Waals surface area contributed by atoms with Gasteiger partial charge in [0.15, 0.2) is 17.1 Å². The smallest absolute Gasteiger partial charge is 0.304 e. The fourth-order valence-corrected chi connectivity index (χ4v) is 5.41. The number of carbonyl (C=O) groups is 1. The topological polar surface area (TPSA) is 91.4 Å². The van der Waals surface area contributed by atoms with Crippen molar-refractivity contribution in [2.75, 3.05) is 40.2 Å². The molecule has 0 N–H and O–H groups in total. The van der Waals surface area contributed by atoms with E-state index >= 15 is 0 Å². The van der Waals surface area contributed by atoms with Gasteiger partial charge in [-0.15, -0.1) is 0 Å². The summed E-state index contributed by atoms with van der Waals surface area (Å²) < 4.78 is 44.6. The summed E-state index contributed by atoms with van der Waals surface area (Å²) in [5.74, 6) is 7.24. The first kappa shape index (κ1) is 26.3. The van der Waals surface area contributed by atoms with Gasteiger partial charge in [0.2, 0.25) is 0 Å². The van der Waals surface area contributed by atoms with E-state index in [1.807, 2.05) is 12.1 Å². The summed E-state index contributed by atoms with van der Waals surface area (Å²) in [6, 6.07) is 3.99. The van der Waals surface area contributed by atoms with Crippen LogP contribution in [0, 0.1) is 23.7 Å². The summed E-state index contributed by atoms with van der Waals surface area (Å²) in [4.78, 5) is 14.7. The zero-order valence-electron chi connectivity index (χ0n) is 20.8. The number of fused-ring (bicyclic) bond motifs is 3. The molecule has 188 valence electrons. The van der Waals surface area contributed by atoms with Gasteiger partial charge in [-0.25, -0.2) is 0 Å². The quantitative estimate of drug-likeness (QED) is 0.325. The molecule has 34 heavy (non-hydrogen) atoms. The Kier molecular flexibility index (Phi) is 8.17. The van der Waals surface area contributed by atoms with E-state index < -0.39 is 21.7 Å². The third-order valence-corrected chi connectivity index (χ3v) is 7.00. The summed E-state index contributed by atoms with van der Waals surface area (Å²) in [5, 5.41) is 0. The maximum atomic E-state index is 12.3. The molecule has 3 rings (SSSR count). The maximum Gasteiger partial charge on any atom is 0.304 e. The molecule has 2 aliphatic heterocycles. The van der Waals surface area contributed by atoms with Gasteiger partial charge >= 0.3 is 5.97 Å². The second kappa shape index (κ2) is 10.5. The molecule has 1 aromatic carbocycles. The predicted octanol–water partition coefficient (Wildman–Crippen LogP) is 2.95. The van der Waals surface area contributed by atoms with Crippen LogP contribution in [0.15, 0.2) is 12.1 Å². The molecule has 0 aliphatic carbocycles. The normalized spacial score (nSPS) is 24.4. The van der Waals surface area contributed by atoms with Gasteiger partial charge in [-0.2, -0.15) is 8.42 Å². The van der Waals surface area contributed by atoms with E-state index in [9.17, 15) is 13.2 Å².